The van der Waals surface area contributed by atoms with Gasteiger partial charge in [0.2, 0.25) is 0 Å². The molecule has 0 saturated heterocycles. The maximum Gasteiger partial charge on any atom is 0.0502 e. The topological polar surface area (TPSA) is 12.0 Å². The summed E-state index contributed by atoms with van der Waals surface area (Å²) in [5.41, 5.74) is 2.23. The molecule has 2 rings (SSSR count). The highest BCUT2D eigenvalue weighted by Gasteiger charge is 2.25. The zero-order valence-electron chi connectivity index (χ0n) is 11.3. The predicted octanol–water partition coefficient (Wildman–Crippen LogP) is 5.65. The van der Waals surface area contributed by atoms with Crippen LogP contribution in [0.4, 0.5) is 5.69 Å². The van der Waals surface area contributed by atoms with E-state index in [1.165, 1.54) is 19.3 Å². The lowest BCUT2D eigenvalue weighted by molar-refractivity contribution is 0.280. The van der Waals surface area contributed by atoms with E-state index in [9.17, 15) is 0 Å². The number of hydrogen-bond donors (Lipinski definition) is 1. The molecule has 100 valence electrons. The SMILES string of the molecule is Cc1cc(Br)c(NC2CC(C)CCC2C)cc1Cl. The Balaban J connectivity index is 2.15. The van der Waals surface area contributed by atoms with E-state index in [2.05, 4.69) is 41.2 Å². The lowest BCUT2D eigenvalue weighted by Crippen LogP contribution is -2.33. The second-order valence-electron chi connectivity index (χ2n) is 5.73. The fourth-order valence-corrected chi connectivity index (χ4v) is 3.43. The van der Waals surface area contributed by atoms with Crippen molar-refractivity contribution < 1.29 is 0 Å². The molecule has 3 unspecified atom stereocenters. The smallest absolute Gasteiger partial charge is 0.0502 e. The summed E-state index contributed by atoms with van der Waals surface area (Å²) in [5.74, 6) is 1.55. The van der Waals surface area contributed by atoms with Crippen molar-refractivity contribution in [2.24, 2.45) is 11.8 Å². The minimum absolute atomic E-state index is 0.559. The summed E-state index contributed by atoms with van der Waals surface area (Å²) >= 11 is 9.83. The molecular weight excluding hydrogens is 310 g/mol. The second-order valence-corrected chi connectivity index (χ2v) is 6.99. The summed E-state index contributed by atoms with van der Waals surface area (Å²) in [6, 6.07) is 4.68. The van der Waals surface area contributed by atoms with Crippen LogP contribution in [0, 0.1) is 18.8 Å². The van der Waals surface area contributed by atoms with Gasteiger partial charge in [0.15, 0.2) is 0 Å². The van der Waals surface area contributed by atoms with Gasteiger partial charge in [-0.1, -0.05) is 31.9 Å². The van der Waals surface area contributed by atoms with Gasteiger partial charge in [-0.3, -0.25) is 0 Å². The molecule has 1 saturated carbocycles. The van der Waals surface area contributed by atoms with Gasteiger partial charge in [0.1, 0.15) is 0 Å². The highest BCUT2D eigenvalue weighted by atomic mass is 79.9. The van der Waals surface area contributed by atoms with E-state index < -0.39 is 0 Å². The van der Waals surface area contributed by atoms with Crippen molar-refractivity contribution in [1.29, 1.82) is 0 Å². The standard InChI is InChI=1S/C15H21BrClN/c1-9-4-5-10(2)14(6-9)18-15-8-13(17)11(3)7-12(15)16/h7-10,14,18H,4-6H2,1-3H3. The molecule has 1 N–H and O–H groups in total. The van der Waals surface area contributed by atoms with Crippen molar-refractivity contribution in [2.75, 3.05) is 5.32 Å². The maximum atomic E-state index is 6.21. The molecule has 1 aromatic carbocycles. The zero-order valence-corrected chi connectivity index (χ0v) is 13.6. The Labute approximate surface area is 123 Å². The van der Waals surface area contributed by atoms with Crippen LogP contribution < -0.4 is 5.32 Å². The third-order valence-corrected chi connectivity index (χ3v) is 5.11. The van der Waals surface area contributed by atoms with Gasteiger partial charge < -0.3 is 5.32 Å². The molecule has 18 heavy (non-hydrogen) atoms. The molecule has 0 heterocycles. The molecule has 1 aliphatic carbocycles. The average molecular weight is 331 g/mol. The minimum atomic E-state index is 0.559. The molecule has 3 atom stereocenters. The Bertz CT molecular complexity index is 433. The summed E-state index contributed by atoms with van der Waals surface area (Å²) in [6.45, 7) is 6.72. The first-order valence-corrected chi connectivity index (χ1v) is 7.86. The molecular formula is C15H21BrClN. The Morgan fingerprint density at radius 1 is 1.28 bits per heavy atom. The highest BCUT2D eigenvalue weighted by molar-refractivity contribution is 9.10. The number of halogens is 2. The summed E-state index contributed by atoms with van der Waals surface area (Å²) in [6.07, 6.45) is 3.92. The van der Waals surface area contributed by atoms with Gasteiger partial charge in [-0.15, -0.1) is 0 Å². The first kappa shape index (κ1) is 14.2. The monoisotopic (exact) mass is 329 g/mol. The van der Waals surface area contributed by atoms with Crippen molar-refractivity contribution in [3.05, 3.63) is 27.2 Å². The predicted molar refractivity (Wildman–Crippen MR) is 83.5 cm³/mol. The number of aryl methyl sites for hydroxylation is 1. The van der Waals surface area contributed by atoms with Crippen LogP contribution >= 0.6 is 27.5 Å². The first-order valence-electron chi connectivity index (χ1n) is 6.69. The van der Waals surface area contributed by atoms with Crippen molar-refractivity contribution in [1.82, 2.24) is 0 Å². The minimum Gasteiger partial charge on any atom is -0.381 e. The van der Waals surface area contributed by atoms with Crippen LogP contribution in [-0.4, -0.2) is 6.04 Å². The van der Waals surface area contributed by atoms with E-state index in [1.54, 1.807) is 0 Å². The quantitative estimate of drug-likeness (QED) is 0.739. The molecule has 0 radical (unpaired) electrons. The molecule has 0 aliphatic heterocycles. The van der Waals surface area contributed by atoms with Crippen molar-refractivity contribution >= 4 is 33.2 Å². The Morgan fingerprint density at radius 3 is 2.72 bits per heavy atom. The van der Waals surface area contributed by atoms with E-state index in [0.717, 1.165) is 32.6 Å². The molecule has 0 amide bonds. The van der Waals surface area contributed by atoms with E-state index in [0.29, 0.717) is 6.04 Å². The van der Waals surface area contributed by atoms with Crippen LogP contribution in [-0.2, 0) is 0 Å². The summed E-state index contributed by atoms with van der Waals surface area (Å²) in [5, 5.41) is 4.50. The molecule has 1 nitrogen and oxygen atoms in total. The number of benzene rings is 1. The Kier molecular flexibility index (Phi) is 4.60. The lowest BCUT2D eigenvalue weighted by Gasteiger charge is -2.34. The normalized spacial score (nSPS) is 28.2. The number of rotatable bonds is 2. The third kappa shape index (κ3) is 3.21. The first-order chi connectivity index (χ1) is 8.47. The van der Waals surface area contributed by atoms with Gasteiger partial charge in [0.05, 0.1) is 5.69 Å². The Hall–Kier alpha value is -0.210. The van der Waals surface area contributed by atoms with Gasteiger partial charge in [0.25, 0.3) is 0 Å². The molecule has 1 aliphatic rings. The van der Waals surface area contributed by atoms with Gasteiger partial charge in [-0.2, -0.15) is 0 Å². The Morgan fingerprint density at radius 2 is 2.00 bits per heavy atom. The summed E-state index contributed by atoms with van der Waals surface area (Å²) in [7, 11) is 0. The average Bonchev–Trinajstić information content (AvgIpc) is 2.30. The van der Waals surface area contributed by atoms with E-state index in [4.69, 9.17) is 11.6 Å². The van der Waals surface area contributed by atoms with Crippen molar-refractivity contribution in [3.8, 4) is 0 Å². The number of anilines is 1. The van der Waals surface area contributed by atoms with E-state index >= 15 is 0 Å². The zero-order chi connectivity index (χ0) is 13.3. The number of hydrogen-bond acceptors (Lipinski definition) is 1. The van der Waals surface area contributed by atoms with E-state index in [-0.39, 0.29) is 0 Å². The second kappa shape index (κ2) is 5.83. The fraction of sp³-hybridized carbons (Fsp3) is 0.600. The van der Waals surface area contributed by atoms with Gasteiger partial charge in [-0.25, -0.2) is 0 Å². The van der Waals surface area contributed by atoms with Crippen LogP contribution in [0.1, 0.15) is 38.7 Å². The summed E-state index contributed by atoms with van der Waals surface area (Å²) < 4.78 is 1.11. The molecule has 1 fully saturated rings. The van der Waals surface area contributed by atoms with Crippen molar-refractivity contribution in [2.45, 2.75) is 46.1 Å². The van der Waals surface area contributed by atoms with Crippen molar-refractivity contribution in [3.63, 3.8) is 0 Å². The highest BCUT2D eigenvalue weighted by Crippen LogP contribution is 2.34. The molecule has 0 spiro atoms. The number of nitrogens with one attached hydrogen (secondary N) is 1. The molecule has 0 bridgehead atoms. The maximum absolute atomic E-state index is 6.21. The van der Waals surface area contributed by atoms with Crippen LogP contribution in [0.25, 0.3) is 0 Å². The largest absolute Gasteiger partial charge is 0.381 e. The van der Waals surface area contributed by atoms with Crippen LogP contribution in [0.5, 0.6) is 0 Å². The molecule has 0 aromatic heterocycles. The summed E-state index contributed by atoms with van der Waals surface area (Å²) in [4.78, 5) is 0. The molecule has 3 heteroatoms. The van der Waals surface area contributed by atoms with Gasteiger partial charge in [-0.05, 0) is 65.2 Å². The molecule has 1 aromatic rings. The van der Waals surface area contributed by atoms with Crippen LogP contribution in [0.15, 0.2) is 16.6 Å². The van der Waals surface area contributed by atoms with Crippen LogP contribution in [0.2, 0.25) is 5.02 Å². The lowest BCUT2D eigenvalue weighted by atomic mass is 9.80. The van der Waals surface area contributed by atoms with Crippen LogP contribution in [0.3, 0.4) is 0 Å². The van der Waals surface area contributed by atoms with E-state index in [1.807, 2.05) is 13.0 Å². The van der Waals surface area contributed by atoms with Gasteiger partial charge >= 0.3 is 0 Å². The fourth-order valence-electron chi connectivity index (χ4n) is 2.69. The van der Waals surface area contributed by atoms with Gasteiger partial charge in [0, 0.05) is 15.5 Å². The third-order valence-electron chi connectivity index (χ3n) is 4.05.